The van der Waals surface area contributed by atoms with Crippen LogP contribution in [-0.2, 0) is 11.3 Å². The molecule has 1 unspecified atom stereocenters. The summed E-state index contributed by atoms with van der Waals surface area (Å²) in [6.45, 7) is 7.03. The number of aldehydes is 1. The number of piperazine rings is 1. The van der Waals surface area contributed by atoms with Crippen LogP contribution >= 0.6 is 0 Å². The third-order valence-corrected chi connectivity index (χ3v) is 5.11. The third-order valence-electron chi connectivity index (χ3n) is 5.11. The lowest BCUT2D eigenvalue weighted by Crippen LogP contribution is -2.48. The molecule has 6 nitrogen and oxygen atoms in total. The van der Waals surface area contributed by atoms with Gasteiger partial charge in [-0.3, -0.25) is 14.5 Å². The molecule has 0 spiro atoms. The number of carbonyl (C=O) groups excluding carboxylic acids is 2. The van der Waals surface area contributed by atoms with Crippen LogP contribution in [0.2, 0.25) is 0 Å². The van der Waals surface area contributed by atoms with Crippen LogP contribution < -0.4 is 15.5 Å². The molecule has 1 aromatic carbocycles. The minimum Gasteiger partial charge on any atom is -0.367 e. The second-order valence-corrected chi connectivity index (χ2v) is 6.88. The van der Waals surface area contributed by atoms with E-state index in [2.05, 4.69) is 17.2 Å². The molecule has 2 aliphatic rings. The van der Waals surface area contributed by atoms with Crippen LogP contribution in [0.3, 0.4) is 0 Å². The maximum Gasteiger partial charge on any atom is 0.241 e. The molecule has 2 saturated heterocycles. The lowest BCUT2D eigenvalue weighted by molar-refractivity contribution is -0.126. The second kappa shape index (κ2) is 7.97. The summed E-state index contributed by atoms with van der Waals surface area (Å²) in [6.07, 6.45) is 2.01. The van der Waals surface area contributed by atoms with Gasteiger partial charge in [0.15, 0.2) is 5.82 Å². The van der Waals surface area contributed by atoms with Gasteiger partial charge < -0.3 is 15.5 Å². The molecule has 140 valence electrons. The van der Waals surface area contributed by atoms with E-state index >= 15 is 4.39 Å². The predicted octanol–water partition coefficient (Wildman–Crippen LogP) is 1.27. The minimum absolute atomic E-state index is 0.130. The Hall–Kier alpha value is -2.25. The van der Waals surface area contributed by atoms with Crippen LogP contribution in [0.4, 0.5) is 10.1 Å². The molecule has 2 N–H and O–H groups in total. The largest absolute Gasteiger partial charge is 0.367 e. The van der Waals surface area contributed by atoms with Gasteiger partial charge in [-0.15, -0.1) is 0 Å². The fourth-order valence-corrected chi connectivity index (χ4v) is 3.59. The first-order valence-corrected chi connectivity index (χ1v) is 8.92. The van der Waals surface area contributed by atoms with Crippen LogP contribution in [0, 0.1) is 5.82 Å². The molecule has 0 saturated carbocycles. The zero-order chi connectivity index (χ0) is 18.7. The van der Waals surface area contributed by atoms with Crippen LogP contribution in [0.1, 0.15) is 28.8 Å². The maximum atomic E-state index is 15.2. The molecule has 2 heterocycles. The van der Waals surface area contributed by atoms with Crippen molar-refractivity contribution >= 4 is 17.9 Å². The van der Waals surface area contributed by atoms with E-state index in [1.54, 1.807) is 24.1 Å². The summed E-state index contributed by atoms with van der Waals surface area (Å²) in [6, 6.07) is 2.98. The summed E-state index contributed by atoms with van der Waals surface area (Å²) in [5, 5.41) is 5.99. The Morgan fingerprint density at radius 1 is 1.38 bits per heavy atom. The quantitative estimate of drug-likeness (QED) is 0.775. The Balaban J connectivity index is 1.84. The highest BCUT2D eigenvalue weighted by Gasteiger charge is 2.29. The van der Waals surface area contributed by atoms with E-state index in [-0.39, 0.29) is 24.3 Å². The van der Waals surface area contributed by atoms with E-state index in [1.165, 1.54) is 0 Å². The molecule has 2 aliphatic heterocycles. The summed E-state index contributed by atoms with van der Waals surface area (Å²) in [4.78, 5) is 27.4. The van der Waals surface area contributed by atoms with Gasteiger partial charge in [0.1, 0.15) is 6.29 Å². The molecule has 1 amide bonds. The summed E-state index contributed by atoms with van der Waals surface area (Å²) in [5.74, 6) is -0.501. The van der Waals surface area contributed by atoms with Gasteiger partial charge in [0.25, 0.3) is 0 Å². The van der Waals surface area contributed by atoms with Crippen molar-refractivity contribution in [3.63, 3.8) is 0 Å². The summed E-state index contributed by atoms with van der Waals surface area (Å²) in [7, 11) is 1.78. The van der Waals surface area contributed by atoms with Crippen LogP contribution in [-0.4, -0.2) is 56.4 Å². The standard InChI is InChI=1S/C19H25FN4O2/c1-13-3-5-17(19(26)22-13)23(2)11-15-14(12-25)4-6-16(18(15)20)24-9-7-21-8-10-24/h4,6,12,17,21H,1,3,5,7-11H2,2H3,(H,22,26). The molecule has 1 atom stereocenters. The summed E-state index contributed by atoms with van der Waals surface area (Å²) >= 11 is 0. The highest BCUT2D eigenvalue weighted by molar-refractivity contribution is 5.84. The second-order valence-electron chi connectivity index (χ2n) is 6.88. The molecule has 0 aromatic heterocycles. The number of hydrogen-bond acceptors (Lipinski definition) is 5. The van der Waals surface area contributed by atoms with Gasteiger partial charge in [0.2, 0.25) is 5.91 Å². The number of hydrogen-bond donors (Lipinski definition) is 2. The first-order chi connectivity index (χ1) is 12.5. The topological polar surface area (TPSA) is 64.7 Å². The molecule has 0 radical (unpaired) electrons. The number of benzene rings is 1. The molecule has 0 bridgehead atoms. The van der Waals surface area contributed by atoms with Crippen molar-refractivity contribution in [2.75, 3.05) is 38.1 Å². The molecule has 2 fully saturated rings. The normalized spacial score (nSPS) is 21.0. The van der Waals surface area contributed by atoms with Crippen molar-refractivity contribution in [2.24, 2.45) is 0 Å². The number of amides is 1. The zero-order valence-electron chi connectivity index (χ0n) is 15.1. The van der Waals surface area contributed by atoms with Gasteiger partial charge in [0, 0.05) is 49.5 Å². The number of likely N-dealkylation sites (N-methyl/N-ethyl adjacent to an activating group) is 1. The average molecular weight is 360 g/mol. The van der Waals surface area contributed by atoms with Crippen molar-refractivity contribution in [3.8, 4) is 0 Å². The number of allylic oxidation sites excluding steroid dienone is 1. The Bertz CT molecular complexity index is 716. The van der Waals surface area contributed by atoms with Crippen molar-refractivity contribution < 1.29 is 14.0 Å². The van der Waals surface area contributed by atoms with E-state index in [4.69, 9.17) is 0 Å². The predicted molar refractivity (Wildman–Crippen MR) is 98.6 cm³/mol. The van der Waals surface area contributed by atoms with E-state index in [0.29, 0.717) is 41.6 Å². The summed E-state index contributed by atoms with van der Waals surface area (Å²) in [5.41, 5.74) is 1.90. The molecular formula is C19H25FN4O2. The molecular weight excluding hydrogens is 335 g/mol. The highest BCUT2D eigenvalue weighted by Crippen LogP contribution is 2.27. The van der Waals surface area contributed by atoms with E-state index < -0.39 is 0 Å². The monoisotopic (exact) mass is 360 g/mol. The molecule has 3 rings (SSSR count). The number of nitrogens with one attached hydrogen (secondary N) is 2. The molecule has 26 heavy (non-hydrogen) atoms. The van der Waals surface area contributed by atoms with Gasteiger partial charge >= 0.3 is 0 Å². The van der Waals surface area contributed by atoms with Crippen molar-refractivity contribution in [2.45, 2.75) is 25.4 Å². The van der Waals surface area contributed by atoms with Crippen molar-refractivity contribution in [1.29, 1.82) is 0 Å². The van der Waals surface area contributed by atoms with Crippen LogP contribution in [0.5, 0.6) is 0 Å². The van der Waals surface area contributed by atoms with Crippen LogP contribution in [0.25, 0.3) is 0 Å². The fraction of sp³-hybridized carbons (Fsp3) is 0.474. The number of anilines is 1. The average Bonchev–Trinajstić information content (AvgIpc) is 2.64. The number of nitrogens with zero attached hydrogens (tertiary/aromatic N) is 2. The number of halogens is 1. The van der Waals surface area contributed by atoms with Crippen LogP contribution in [0.15, 0.2) is 24.4 Å². The first-order valence-electron chi connectivity index (χ1n) is 8.92. The first kappa shape index (κ1) is 18.5. The van der Waals surface area contributed by atoms with E-state index in [0.717, 1.165) is 26.2 Å². The van der Waals surface area contributed by atoms with E-state index in [9.17, 15) is 9.59 Å². The lowest BCUT2D eigenvalue weighted by atomic mass is 10.0. The zero-order valence-corrected chi connectivity index (χ0v) is 15.1. The summed E-state index contributed by atoms with van der Waals surface area (Å²) < 4.78 is 15.2. The molecule has 0 aliphatic carbocycles. The van der Waals surface area contributed by atoms with Gasteiger partial charge in [-0.2, -0.15) is 0 Å². The Kier molecular flexibility index (Phi) is 5.68. The third kappa shape index (κ3) is 3.78. The van der Waals surface area contributed by atoms with Crippen molar-refractivity contribution in [1.82, 2.24) is 15.5 Å². The SMILES string of the molecule is C=C1CCC(N(C)Cc2c(C=O)ccc(N3CCNCC3)c2F)C(=O)N1. The fourth-order valence-electron chi connectivity index (χ4n) is 3.59. The van der Waals surface area contributed by atoms with Gasteiger partial charge in [-0.1, -0.05) is 6.58 Å². The van der Waals surface area contributed by atoms with Gasteiger partial charge in [-0.25, -0.2) is 4.39 Å². The lowest BCUT2D eigenvalue weighted by Gasteiger charge is -2.33. The Morgan fingerprint density at radius 3 is 2.77 bits per heavy atom. The highest BCUT2D eigenvalue weighted by atomic mass is 19.1. The minimum atomic E-state index is -0.371. The molecule has 7 heteroatoms. The number of carbonyl (C=O) groups is 2. The van der Waals surface area contributed by atoms with Crippen molar-refractivity contribution in [3.05, 3.63) is 41.4 Å². The smallest absolute Gasteiger partial charge is 0.241 e. The number of piperidine rings is 1. The number of rotatable bonds is 5. The Labute approximate surface area is 153 Å². The maximum absolute atomic E-state index is 15.2. The van der Waals surface area contributed by atoms with Gasteiger partial charge in [0.05, 0.1) is 11.7 Å². The molecule has 1 aromatic rings. The van der Waals surface area contributed by atoms with Gasteiger partial charge in [-0.05, 0) is 32.0 Å². The van der Waals surface area contributed by atoms with E-state index in [1.807, 2.05) is 4.90 Å². The Morgan fingerprint density at radius 2 is 2.12 bits per heavy atom.